The fraction of sp³-hybridized carbons (Fsp3) is 0.625. The Labute approximate surface area is 134 Å². The lowest BCUT2D eigenvalue weighted by molar-refractivity contribution is -0.147. The van der Waals surface area contributed by atoms with Crippen LogP contribution in [0.1, 0.15) is 43.7 Å². The maximum Gasteiger partial charge on any atom is 0.312 e. The third-order valence-electron chi connectivity index (χ3n) is 5.42. The molecule has 0 unspecified atom stereocenters. The quantitative estimate of drug-likeness (QED) is 0.783. The summed E-state index contributed by atoms with van der Waals surface area (Å²) < 4.78 is 9.01. The number of aryl methyl sites for hydroxylation is 1. The Morgan fingerprint density at radius 3 is 3.13 bits per heavy atom. The number of fused-ring (bicyclic) bond motifs is 1. The van der Waals surface area contributed by atoms with Crippen molar-refractivity contribution >= 4 is 5.97 Å². The van der Waals surface area contributed by atoms with E-state index in [0.29, 0.717) is 12.5 Å². The molecular weight excluding hydrogens is 294 g/mol. The van der Waals surface area contributed by atoms with E-state index < -0.39 is 0 Å². The number of imidazole rings is 1. The van der Waals surface area contributed by atoms with Gasteiger partial charge < -0.3 is 9.30 Å². The highest BCUT2D eigenvalue weighted by molar-refractivity contribution is 5.81. The molecule has 0 N–H and O–H groups in total. The Morgan fingerprint density at radius 2 is 2.39 bits per heavy atom. The molecule has 2 aromatic heterocycles. The predicted octanol–water partition coefficient (Wildman–Crippen LogP) is 1.60. The second-order valence-corrected chi connectivity index (χ2v) is 6.58. The van der Waals surface area contributed by atoms with E-state index >= 15 is 0 Å². The molecule has 0 aliphatic heterocycles. The standard InChI is InChI=1S/C16H21N5O2/c1-3-14-17-6-7-20(14)9-11-10-21(19-18-11)13-4-5-16(8-12(13)16)15(22)23-2/h6-7,10,12-13H,3-5,8-9H2,1-2H3/t12-,13-,16+/m1/s1. The van der Waals surface area contributed by atoms with E-state index in [4.69, 9.17) is 4.74 Å². The number of nitrogens with zero attached hydrogens (tertiary/aromatic N) is 5. The summed E-state index contributed by atoms with van der Waals surface area (Å²) in [7, 11) is 1.48. The lowest BCUT2D eigenvalue weighted by Gasteiger charge is -2.10. The van der Waals surface area contributed by atoms with Gasteiger partial charge >= 0.3 is 5.97 Å². The fourth-order valence-electron chi connectivity index (χ4n) is 4.11. The fourth-order valence-corrected chi connectivity index (χ4v) is 4.11. The van der Waals surface area contributed by atoms with Crippen LogP contribution in [0.3, 0.4) is 0 Å². The Morgan fingerprint density at radius 1 is 1.52 bits per heavy atom. The summed E-state index contributed by atoms with van der Waals surface area (Å²) in [5.41, 5.74) is 0.680. The summed E-state index contributed by atoms with van der Waals surface area (Å²) in [5, 5.41) is 8.61. The average Bonchev–Trinajstić information content (AvgIpc) is 2.96. The van der Waals surface area contributed by atoms with Gasteiger partial charge in [0.1, 0.15) is 11.5 Å². The van der Waals surface area contributed by atoms with Crippen molar-refractivity contribution in [2.24, 2.45) is 11.3 Å². The molecule has 0 amide bonds. The minimum atomic E-state index is -0.245. The van der Waals surface area contributed by atoms with Gasteiger partial charge in [0.25, 0.3) is 0 Å². The van der Waals surface area contributed by atoms with Gasteiger partial charge in [-0.1, -0.05) is 12.1 Å². The number of rotatable bonds is 5. The van der Waals surface area contributed by atoms with Crippen LogP contribution in [0.25, 0.3) is 0 Å². The summed E-state index contributed by atoms with van der Waals surface area (Å²) in [5.74, 6) is 1.34. The molecular formula is C16H21N5O2. The van der Waals surface area contributed by atoms with E-state index in [0.717, 1.165) is 37.2 Å². The molecule has 0 spiro atoms. The molecule has 7 heteroatoms. The highest BCUT2D eigenvalue weighted by Crippen LogP contribution is 2.67. The molecule has 2 aliphatic rings. The Kier molecular flexibility index (Phi) is 3.25. The van der Waals surface area contributed by atoms with Gasteiger partial charge in [-0.15, -0.1) is 5.10 Å². The lowest BCUT2D eigenvalue weighted by atomic mass is 10.1. The molecule has 3 atom stereocenters. The van der Waals surface area contributed by atoms with Gasteiger partial charge in [0, 0.05) is 18.8 Å². The average molecular weight is 315 g/mol. The monoisotopic (exact) mass is 315 g/mol. The zero-order valence-corrected chi connectivity index (χ0v) is 13.5. The first kappa shape index (κ1) is 14.4. The first-order chi connectivity index (χ1) is 11.2. The second-order valence-electron chi connectivity index (χ2n) is 6.58. The van der Waals surface area contributed by atoms with Crippen LogP contribution < -0.4 is 0 Å². The van der Waals surface area contributed by atoms with Gasteiger partial charge in [0.2, 0.25) is 0 Å². The van der Waals surface area contributed by atoms with Crippen molar-refractivity contribution in [2.75, 3.05) is 7.11 Å². The third kappa shape index (κ3) is 2.17. The van der Waals surface area contributed by atoms with Crippen molar-refractivity contribution in [1.29, 1.82) is 0 Å². The van der Waals surface area contributed by atoms with E-state index in [1.165, 1.54) is 7.11 Å². The normalized spacial score (nSPS) is 28.6. The summed E-state index contributed by atoms with van der Waals surface area (Å²) in [4.78, 5) is 16.3. The van der Waals surface area contributed by atoms with Crippen LogP contribution in [0.2, 0.25) is 0 Å². The highest BCUT2D eigenvalue weighted by atomic mass is 16.5. The van der Waals surface area contributed by atoms with E-state index in [1.807, 2.05) is 23.3 Å². The van der Waals surface area contributed by atoms with Crippen molar-refractivity contribution in [3.63, 3.8) is 0 Å². The van der Waals surface area contributed by atoms with Crippen molar-refractivity contribution in [1.82, 2.24) is 24.5 Å². The highest BCUT2D eigenvalue weighted by Gasteiger charge is 2.67. The van der Waals surface area contributed by atoms with Crippen molar-refractivity contribution in [2.45, 2.75) is 45.2 Å². The van der Waals surface area contributed by atoms with Gasteiger partial charge in [-0.05, 0) is 25.2 Å². The molecule has 2 heterocycles. The molecule has 0 radical (unpaired) electrons. The molecule has 0 saturated heterocycles. The van der Waals surface area contributed by atoms with Crippen molar-refractivity contribution in [3.05, 3.63) is 30.1 Å². The molecule has 7 nitrogen and oxygen atoms in total. The summed E-state index contributed by atoms with van der Waals surface area (Å²) in [6.07, 6.45) is 9.47. The van der Waals surface area contributed by atoms with Gasteiger partial charge in [0.05, 0.1) is 31.3 Å². The summed E-state index contributed by atoms with van der Waals surface area (Å²) >= 11 is 0. The van der Waals surface area contributed by atoms with E-state index in [-0.39, 0.29) is 17.4 Å². The van der Waals surface area contributed by atoms with Gasteiger partial charge in [-0.2, -0.15) is 0 Å². The molecule has 2 aliphatic carbocycles. The molecule has 122 valence electrons. The smallest absolute Gasteiger partial charge is 0.312 e. The maximum atomic E-state index is 12.0. The maximum absolute atomic E-state index is 12.0. The molecule has 2 fully saturated rings. The number of carbonyl (C=O) groups is 1. The number of hydrogen-bond acceptors (Lipinski definition) is 5. The zero-order chi connectivity index (χ0) is 16.0. The lowest BCUT2D eigenvalue weighted by Crippen LogP contribution is -2.17. The van der Waals surface area contributed by atoms with Crippen LogP contribution in [0.4, 0.5) is 0 Å². The topological polar surface area (TPSA) is 74.8 Å². The SMILES string of the molecule is CCc1nccn1Cc1cn([C@@H]2CC[C@]3(C(=O)OC)C[C@H]23)nn1. The van der Waals surface area contributed by atoms with Crippen LogP contribution in [0, 0.1) is 11.3 Å². The number of esters is 1. The predicted molar refractivity (Wildman–Crippen MR) is 81.6 cm³/mol. The Hall–Kier alpha value is -2.18. The minimum Gasteiger partial charge on any atom is -0.469 e. The van der Waals surface area contributed by atoms with Gasteiger partial charge in [-0.3, -0.25) is 4.79 Å². The summed E-state index contributed by atoms with van der Waals surface area (Å²) in [6.45, 7) is 2.77. The molecule has 2 aromatic rings. The van der Waals surface area contributed by atoms with E-state index in [9.17, 15) is 4.79 Å². The number of carbonyl (C=O) groups excluding carboxylic acids is 1. The zero-order valence-electron chi connectivity index (χ0n) is 13.5. The number of ether oxygens (including phenoxy) is 1. The van der Waals surface area contributed by atoms with Crippen LogP contribution >= 0.6 is 0 Å². The van der Waals surface area contributed by atoms with Gasteiger partial charge in [-0.25, -0.2) is 9.67 Å². The molecule has 2 saturated carbocycles. The van der Waals surface area contributed by atoms with Crippen LogP contribution in [-0.2, 0) is 22.5 Å². The van der Waals surface area contributed by atoms with Crippen molar-refractivity contribution in [3.8, 4) is 0 Å². The van der Waals surface area contributed by atoms with E-state index in [2.05, 4.69) is 26.8 Å². The largest absolute Gasteiger partial charge is 0.469 e. The first-order valence-corrected chi connectivity index (χ1v) is 8.17. The second kappa shape index (κ2) is 5.18. The van der Waals surface area contributed by atoms with E-state index in [1.54, 1.807) is 0 Å². The van der Waals surface area contributed by atoms with Gasteiger partial charge in [0.15, 0.2) is 0 Å². The Bertz CT molecular complexity index is 736. The molecule has 4 rings (SSSR count). The van der Waals surface area contributed by atoms with Crippen molar-refractivity contribution < 1.29 is 9.53 Å². The summed E-state index contributed by atoms with van der Waals surface area (Å²) in [6, 6.07) is 0.267. The number of methoxy groups -OCH3 is 1. The number of aromatic nitrogens is 5. The molecule has 23 heavy (non-hydrogen) atoms. The van der Waals surface area contributed by atoms with Crippen LogP contribution in [-0.4, -0.2) is 37.6 Å². The number of hydrogen-bond donors (Lipinski definition) is 0. The Balaban J connectivity index is 1.48. The van der Waals surface area contributed by atoms with Crippen LogP contribution in [0.15, 0.2) is 18.6 Å². The van der Waals surface area contributed by atoms with Crippen LogP contribution in [0.5, 0.6) is 0 Å². The third-order valence-corrected chi connectivity index (χ3v) is 5.42. The molecule has 0 bridgehead atoms. The minimum absolute atomic E-state index is 0.0589. The molecule has 0 aromatic carbocycles. The first-order valence-electron chi connectivity index (χ1n) is 8.17.